The first-order chi connectivity index (χ1) is 6.12. The molecule has 0 aliphatic carbocycles. The molecule has 0 saturated heterocycles. The highest BCUT2D eigenvalue weighted by Crippen LogP contribution is 2.15. The van der Waals surface area contributed by atoms with Crippen molar-refractivity contribution in [1.82, 2.24) is 0 Å². The number of hydrogen-bond acceptors (Lipinski definition) is 5. The van der Waals surface area contributed by atoms with Crippen LogP contribution in [0.3, 0.4) is 0 Å². The Labute approximate surface area is 82.6 Å². The van der Waals surface area contributed by atoms with Crippen LogP contribution in [0.5, 0.6) is 0 Å². The van der Waals surface area contributed by atoms with Crippen LogP contribution in [0.25, 0.3) is 0 Å². The predicted molar refractivity (Wildman–Crippen MR) is 46.2 cm³/mol. The molecule has 0 aliphatic rings. The van der Waals surface area contributed by atoms with Gasteiger partial charge in [0.2, 0.25) is 5.79 Å². The Morgan fingerprint density at radius 1 is 1.07 bits per heavy atom. The van der Waals surface area contributed by atoms with Gasteiger partial charge >= 0.3 is 6.16 Å². The van der Waals surface area contributed by atoms with Crippen LogP contribution in [0.1, 0.15) is 34.6 Å². The molecule has 0 aromatic carbocycles. The summed E-state index contributed by atoms with van der Waals surface area (Å²) in [4.78, 5) is 19.5. The highest BCUT2D eigenvalue weighted by Gasteiger charge is 2.26. The van der Waals surface area contributed by atoms with Crippen LogP contribution in [-0.2, 0) is 19.6 Å². The zero-order valence-electron chi connectivity index (χ0n) is 8.99. The van der Waals surface area contributed by atoms with E-state index in [0.29, 0.717) is 0 Å². The van der Waals surface area contributed by atoms with Gasteiger partial charge in [-0.1, -0.05) is 5.04 Å². The van der Waals surface area contributed by atoms with Gasteiger partial charge in [-0.15, -0.1) is 0 Å². The number of rotatable bonds is 4. The number of carbonyl (C=O) groups is 1. The average molecular weight is 208 g/mol. The molecule has 0 heterocycles. The van der Waals surface area contributed by atoms with Crippen LogP contribution in [0.2, 0.25) is 0 Å². The maximum Gasteiger partial charge on any atom is 0.508 e. The normalized spacial score (nSPS) is 12.6. The summed E-state index contributed by atoms with van der Waals surface area (Å²) < 4.78 is 4.34. The summed E-state index contributed by atoms with van der Waals surface area (Å²) in [5.41, 5.74) is -0.542. The maximum atomic E-state index is 10.2. The van der Waals surface area contributed by atoms with Gasteiger partial charge in [0.1, 0.15) is 0 Å². The summed E-state index contributed by atoms with van der Waals surface area (Å²) in [5.74, 6) is -1.41. The van der Waals surface area contributed by atoms with Crippen molar-refractivity contribution >= 4 is 6.16 Å². The van der Waals surface area contributed by atoms with Gasteiger partial charge in [-0.3, -0.25) is 0 Å². The summed E-state index contributed by atoms with van der Waals surface area (Å²) in [5, 5.41) is 12.7. The minimum Gasteiger partial charge on any atom is -0.450 e. The molecule has 0 aliphatic heterocycles. The van der Waals surface area contributed by atoms with Crippen molar-refractivity contribution in [2.75, 3.05) is 0 Å². The SMILES string of the molecule is CC(C)(C)OOOC(C)(C)OC(=O)O. The molecular formula is C8H16O6. The Morgan fingerprint density at radius 2 is 1.57 bits per heavy atom. The second-order valence-electron chi connectivity index (χ2n) is 4.11. The summed E-state index contributed by atoms with van der Waals surface area (Å²) in [6, 6.07) is 0. The lowest BCUT2D eigenvalue weighted by Gasteiger charge is -2.23. The van der Waals surface area contributed by atoms with Gasteiger partial charge in [0, 0.05) is 13.8 Å². The van der Waals surface area contributed by atoms with Gasteiger partial charge in [-0.05, 0) is 20.8 Å². The van der Waals surface area contributed by atoms with Crippen LogP contribution in [0, 0.1) is 0 Å². The van der Waals surface area contributed by atoms with E-state index in [-0.39, 0.29) is 0 Å². The topological polar surface area (TPSA) is 74.2 Å². The molecule has 0 spiro atoms. The molecular weight excluding hydrogens is 192 g/mol. The summed E-state index contributed by atoms with van der Waals surface area (Å²) in [7, 11) is 0. The minimum absolute atomic E-state index is 0.542. The smallest absolute Gasteiger partial charge is 0.450 e. The third kappa shape index (κ3) is 7.78. The Hall–Kier alpha value is -0.850. The molecule has 0 bridgehead atoms. The van der Waals surface area contributed by atoms with Crippen LogP contribution < -0.4 is 0 Å². The second kappa shape index (κ2) is 4.59. The maximum absolute atomic E-state index is 10.2. The van der Waals surface area contributed by atoms with Gasteiger partial charge < -0.3 is 9.84 Å². The fourth-order valence-electron chi connectivity index (χ4n) is 0.428. The summed E-state index contributed by atoms with van der Waals surface area (Å²) in [6.45, 7) is 8.02. The molecule has 84 valence electrons. The Morgan fingerprint density at radius 3 is 1.93 bits per heavy atom. The Balaban J connectivity index is 3.82. The molecule has 0 atom stereocenters. The molecule has 1 N–H and O–H groups in total. The highest BCUT2D eigenvalue weighted by molar-refractivity contribution is 5.57. The number of ether oxygens (including phenoxy) is 1. The van der Waals surface area contributed by atoms with E-state index < -0.39 is 17.5 Å². The van der Waals surface area contributed by atoms with E-state index in [1.807, 2.05) is 0 Å². The first-order valence-electron chi connectivity index (χ1n) is 4.08. The minimum atomic E-state index is -1.45. The lowest BCUT2D eigenvalue weighted by molar-refractivity contribution is -0.582. The van der Waals surface area contributed by atoms with Crippen molar-refractivity contribution < 1.29 is 29.5 Å². The van der Waals surface area contributed by atoms with Gasteiger partial charge in [-0.2, -0.15) is 4.89 Å². The lowest BCUT2D eigenvalue weighted by atomic mass is 10.2. The molecule has 0 fully saturated rings. The number of hydrogen-bond donors (Lipinski definition) is 1. The zero-order valence-corrected chi connectivity index (χ0v) is 8.99. The molecule has 0 aromatic heterocycles. The molecule has 6 heteroatoms. The van der Waals surface area contributed by atoms with Gasteiger partial charge in [0.25, 0.3) is 0 Å². The summed E-state index contributed by atoms with van der Waals surface area (Å²) in [6.07, 6.45) is -1.45. The van der Waals surface area contributed by atoms with E-state index >= 15 is 0 Å². The van der Waals surface area contributed by atoms with E-state index in [9.17, 15) is 4.79 Å². The molecule has 6 nitrogen and oxygen atoms in total. The van der Waals surface area contributed by atoms with Crippen molar-refractivity contribution in [2.24, 2.45) is 0 Å². The van der Waals surface area contributed by atoms with Crippen molar-refractivity contribution in [3.05, 3.63) is 0 Å². The first kappa shape index (κ1) is 13.2. The van der Waals surface area contributed by atoms with E-state index in [4.69, 9.17) is 9.99 Å². The molecule has 0 aromatic rings. The standard InChI is InChI=1S/C8H16O6/c1-7(2,3)12-14-13-8(4,5)11-6(9)10/h1-5H3,(H,9,10). The van der Waals surface area contributed by atoms with Crippen LogP contribution >= 0.6 is 0 Å². The average Bonchev–Trinajstić information content (AvgIpc) is 1.78. The van der Waals surface area contributed by atoms with Crippen molar-refractivity contribution in [3.8, 4) is 0 Å². The van der Waals surface area contributed by atoms with Crippen molar-refractivity contribution in [1.29, 1.82) is 0 Å². The Bertz CT molecular complexity index is 192. The molecule has 0 amide bonds. The van der Waals surface area contributed by atoms with E-state index in [2.05, 4.69) is 14.7 Å². The fraction of sp³-hybridized carbons (Fsp3) is 0.875. The molecule has 0 unspecified atom stereocenters. The van der Waals surface area contributed by atoms with Gasteiger partial charge in [0.05, 0.1) is 5.60 Å². The third-order valence-corrected chi connectivity index (χ3v) is 0.852. The van der Waals surface area contributed by atoms with Crippen molar-refractivity contribution in [3.63, 3.8) is 0 Å². The molecule has 0 rings (SSSR count). The molecule has 0 saturated carbocycles. The van der Waals surface area contributed by atoms with E-state index in [0.717, 1.165) is 0 Å². The van der Waals surface area contributed by atoms with Crippen LogP contribution in [0.15, 0.2) is 0 Å². The first-order valence-corrected chi connectivity index (χ1v) is 4.08. The van der Waals surface area contributed by atoms with Crippen LogP contribution in [-0.4, -0.2) is 22.7 Å². The van der Waals surface area contributed by atoms with E-state index in [1.54, 1.807) is 20.8 Å². The zero-order chi connectivity index (χ0) is 11.4. The second-order valence-corrected chi connectivity index (χ2v) is 4.11. The van der Waals surface area contributed by atoms with E-state index in [1.165, 1.54) is 13.8 Å². The lowest BCUT2D eigenvalue weighted by Crippen LogP contribution is -2.32. The quantitative estimate of drug-likeness (QED) is 0.330. The number of carboxylic acid groups (broad SMARTS) is 1. The predicted octanol–water partition coefficient (Wildman–Crippen LogP) is 2.10. The van der Waals surface area contributed by atoms with Crippen molar-refractivity contribution in [2.45, 2.75) is 46.0 Å². The molecule has 14 heavy (non-hydrogen) atoms. The molecule has 0 radical (unpaired) electrons. The van der Waals surface area contributed by atoms with Crippen LogP contribution in [0.4, 0.5) is 4.79 Å². The monoisotopic (exact) mass is 208 g/mol. The Kier molecular flexibility index (Phi) is 4.31. The third-order valence-electron chi connectivity index (χ3n) is 0.852. The fourth-order valence-corrected chi connectivity index (χ4v) is 0.428. The van der Waals surface area contributed by atoms with Gasteiger partial charge in [-0.25, -0.2) is 9.68 Å². The largest absolute Gasteiger partial charge is 0.508 e. The highest BCUT2D eigenvalue weighted by atomic mass is 17.5. The van der Waals surface area contributed by atoms with Gasteiger partial charge in [0.15, 0.2) is 0 Å². The summed E-state index contributed by atoms with van der Waals surface area (Å²) >= 11 is 0.